The van der Waals surface area contributed by atoms with Crippen molar-refractivity contribution >= 4 is 43.0 Å². The molecule has 0 atom stereocenters. The summed E-state index contributed by atoms with van der Waals surface area (Å²) in [6, 6.07) is 17.5. The van der Waals surface area contributed by atoms with Gasteiger partial charge in [-0.2, -0.15) is 0 Å². The predicted molar refractivity (Wildman–Crippen MR) is 137 cm³/mol. The minimum atomic E-state index is -3.85. The van der Waals surface area contributed by atoms with Crippen LogP contribution in [0, 0.1) is 13.8 Å². The fraction of sp³-hybridized carbons (Fsp3) is 0.208. The standard InChI is InChI=1S/C24H27N3O6S2/c1-17-8-7-9-18(2)24(17)26-35(31,32)20-14-12-19(13-15-20)25-23(28)16-27(34(4,29)30)21-10-5-6-11-22(21)33-3/h5-15,26H,16H2,1-4H3,(H,25,28). The van der Waals surface area contributed by atoms with E-state index in [-0.39, 0.29) is 10.6 Å². The molecule has 0 aromatic heterocycles. The zero-order valence-corrected chi connectivity index (χ0v) is 21.4. The van der Waals surface area contributed by atoms with Crippen molar-refractivity contribution in [2.24, 2.45) is 0 Å². The second-order valence-electron chi connectivity index (χ2n) is 7.89. The highest BCUT2D eigenvalue weighted by atomic mass is 32.2. The van der Waals surface area contributed by atoms with E-state index in [9.17, 15) is 21.6 Å². The first kappa shape index (κ1) is 26.0. The van der Waals surface area contributed by atoms with Crippen molar-refractivity contribution in [3.63, 3.8) is 0 Å². The summed E-state index contributed by atoms with van der Waals surface area (Å²) >= 11 is 0. The third-order valence-corrected chi connectivity index (χ3v) is 7.70. The number of aryl methyl sites for hydroxylation is 2. The maximum atomic E-state index is 12.8. The second-order valence-corrected chi connectivity index (χ2v) is 11.5. The van der Waals surface area contributed by atoms with Crippen molar-refractivity contribution in [3.8, 4) is 5.75 Å². The highest BCUT2D eigenvalue weighted by molar-refractivity contribution is 7.92. The molecule has 9 nitrogen and oxygen atoms in total. The first-order valence-electron chi connectivity index (χ1n) is 10.5. The van der Waals surface area contributed by atoms with Crippen LogP contribution in [0.3, 0.4) is 0 Å². The van der Waals surface area contributed by atoms with Crippen LogP contribution in [-0.4, -0.2) is 42.7 Å². The molecule has 0 heterocycles. The lowest BCUT2D eigenvalue weighted by atomic mass is 10.1. The van der Waals surface area contributed by atoms with Crippen LogP contribution in [0.2, 0.25) is 0 Å². The molecule has 1 amide bonds. The summed E-state index contributed by atoms with van der Waals surface area (Å²) in [5.41, 5.74) is 2.65. The van der Waals surface area contributed by atoms with Gasteiger partial charge in [-0.3, -0.25) is 13.8 Å². The van der Waals surface area contributed by atoms with Crippen molar-refractivity contribution < 1.29 is 26.4 Å². The number of methoxy groups -OCH3 is 1. The number of benzene rings is 3. The average molecular weight is 518 g/mol. The van der Waals surface area contributed by atoms with E-state index >= 15 is 0 Å². The summed E-state index contributed by atoms with van der Waals surface area (Å²) in [6.07, 6.45) is 0.996. The van der Waals surface area contributed by atoms with Crippen molar-refractivity contribution in [2.75, 3.05) is 34.3 Å². The Kier molecular flexibility index (Phi) is 7.71. The van der Waals surface area contributed by atoms with E-state index in [2.05, 4.69) is 10.0 Å². The number of nitrogens with one attached hydrogen (secondary N) is 2. The highest BCUT2D eigenvalue weighted by Gasteiger charge is 2.24. The number of carbonyl (C=O) groups is 1. The molecule has 3 rings (SSSR count). The van der Waals surface area contributed by atoms with Crippen molar-refractivity contribution in [1.29, 1.82) is 0 Å². The lowest BCUT2D eigenvalue weighted by molar-refractivity contribution is -0.114. The summed E-state index contributed by atoms with van der Waals surface area (Å²) in [5, 5.41) is 2.60. The van der Waals surface area contributed by atoms with Crippen LogP contribution in [0.5, 0.6) is 5.75 Å². The maximum Gasteiger partial charge on any atom is 0.261 e. The monoisotopic (exact) mass is 517 g/mol. The van der Waals surface area contributed by atoms with E-state index in [0.29, 0.717) is 17.1 Å². The number of carbonyl (C=O) groups excluding carboxylic acids is 1. The Balaban J connectivity index is 1.76. The SMILES string of the molecule is COc1ccccc1N(CC(=O)Nc1ccc(S(=O)(=O)Nc2c(C)cccc2C)cc1)S(C)(=O)=O. The number of hydrogen-bond acceptors (Lipinski definition) is 6. The van der Waals surface area contributed by atoms with E-state index in [4.69, 9.17) is 4.74 Å². The molecule has 0 spiro atoms. The van der Waals surface area contributed by atoms with E-state index in [1.165, 1.54) is 37.4 Å². The van der Waals surface area contributed by atoms with Gasteiger partial charge in [-0.1, -0.05) is 30.3 Å². The van der Waals surface area contributed by atoms with Gasteiger partial charge in [0, 0.05) is 5.69 Å². The number of sulfonamides is 2. The normalized spacial score (nSPS) is 11.5. The number of ether oxygens (including phenoxy) is 1. The molecule has 0 aliphatic heterocycles. The van der Waals surface area contributed by atoms with Crippen molar-refractivity contribution in [3.05, 3.63) is 77.9 Å². The first-order chi connectivity index (χ1) is 16.4. The minimum absolute atomic E-state index is 0.0185. The van der Waals surface area contributed by atoms with E-state index in [1.54, 1.807) is 18.2 Å². The summed E-state index contributed by atoms with van der Waals surface area (Å²) in [5.74, 6) is -0.303. The summed E-state index contributed by atoms with van der Waals surface area (Å²) in [6.45, 7) is 3.13. The van der Waals surface area contributed by atoms with Gasteiger partial charge in [-0.15, -0.1) is 0 Å². The van der Waals surface area contributed by atoms with Gasteiger partial charge in [0.15, 0.2) is 0 Å². The van der Waals surface area contributed by atoms with Crippen LogP contribution in [-0.2, 0) is 24.8 Å². The predicted octanol–water partition coefficient (Wildman–Crippen LogP) is 3.52. The lowest BCUT2D eigenvalue weighted by Crippen LogP contribution is -2.37. The Bertz CT molecular complexity index is 1420. The van der Waals surface area contributed by atoms with Crippen LogP contribution in [0.25, 0.3) is 0 Å². The number of amides is 1. The van der Waals surface area contributed by atoms with Crippen LogP contribution < -0.4 is 19.1 Å². The second kappa shape index (κ2) is 10.4. The average Bonchev–Trinajstić information content (AvgIpc) is 2.79. The molecule has 0 saturated carbocycles. The molecule has 0 radical (unpaired) electrons. The van der Waals surface area contributed by atoms with Crippen molar-refractivity contribution in [1.82, 2.24) is 0 Å². The number of para-hydroxylation sites is 3. The zero-order chi connectivity index (χ0) is 25.8. The van der Waals surface area contributed by atoms with E-state index < -0.39 is 32.5 Å². The smallest absolute Gasteiger partial charge is 0.261 e. The third kappa shape index (κ3) is 6.31. The van der Waals surface area contributed by atoms with Gasteiger partial charge >= 0.3 is 0 Å². The van der Waals surface area contributed by atoms with Gasteiger partial charge in [0.1, 0.15) is 12.3 Å². The molecule has 0 fully saturated rings. The van der Waals surface area contributed by atoms with Gasteiger partial charge in [0.2, 0.25) is 15.9 Å². The van der Waals surface area contributed by atoms with Crippen LogP contribution in [0.1, 0.15) is 11.1 Å². The number of rotatable bonds is 9. The van der Waals surface area contributed by atoms with Crippen molar-refractivity contribution in [2.45, 2.75) is 18.7 Å². The molecule has 186 valence electrons. The van der Waals surface area contributed by atoms with Crippen LogP contribution in [0.4, 0.5) is 17.1 Å². The molecule has 0 bridgehead atoms. The summed E-state index contributed by atoms with van der Waals surface area (Å²) in [4.78, 5) is 12.7. The number of anilines is 3. The fourth-order valence-corrected chi connectivity index (χ4v) is 5.50. The van der Waals surface area contributed by atoms with Gasteiger partial charge in [-0.05, 0) is 61.4 Å². The van der Waals surface area contributed by atoms with Gasteiger partial charge in [0.25, 0.3) is 10.0 Å². The Morgan fingerprint density at radius 1 is 0.886 bits per heavy atom. The molecule has 3 aromatic rings. The van der Waals surface area contributed by atoms with E-state index in [0.717, 1.165) is 21.7 Å². The first-order valence-corrected chi connectivity index (χ1v) is 13.8. The fourth-order valence-electron chi connectivity index (χ4n) is 3.43. The third-order valence-electron chi connectivity index (χ3n) is 5.21. The number of nitrogens with zero attached hydrogens (tertiary/aromatic N) is 1. The Morgan fingerprint density at radius 3 is 2.06 bits per heavy atom. The Morgan fingerprint density at radius 2 is 1.49 bits per heavy atom. The molecular formula is C24H27N3O6S2. The molecular weight excluding hydrogens is 490 g/mol. The molecule has 0 saturated heterocycles. The topological polar surface area (TPSA) is 122 Å². The quantitative estimate of drug-likeness (QED) is 0.448. The van der Waals surface area contributed by atoms with Gasteiger partial charge in [0.05, 0.1) is 29.6 Å². The van der Waals surface area contributed by atoms with E-state index in [1.807, 2.05) is 32.0 Å². The molecule has 3 aromatic carbocycles. The molecule has 0 aliphatic carbocycles. The molecule has 0 unspecified atom stereocenters. The number of hydrogen-bond donors (Lipinski definition) is 2. The highest BCUT2D eigenvalue weighted by Crippen LogP contribution is 2.29. The maximum absolute atomic E-state index is 12.8. The van der Waals surface area contributed by atoms with Crippen LogP contribution in [0.15, 0.2) is 71.6 Å². The molecule has 35 heavy (non-hydrogen) atoms. The van der Waals surface area contributed by atoms with Gasteiger partial charge in [-0.25, -0.2) is 16.8 Å². The largest absolute Gasteiger partial charge is 0.495 e. The Labute approximate surface area is 205 Å². The van der Waals surface area contributed by atoms with Gasteiger partial charge < -0.3 is 10.1 Å². The minimum Gasteiger partial charge on any atom is -0.495 e. The summed E-state index contributed by atoms with van der Waals surface area (Å²) < 4.78 is 59.1. The molecule has 11 heteroatoms. The Hall–Kier alpha value is -3.57. The molecule has 2 N–H and O–H groups in total. The summed E-state index contributed by atoms with van der Waals surface area (Å²) in [7, 11) is -6.24. The molecule has 0 aliphatic rings. The van der Waals surface area contributed by atoms with Crippen LogP contribution >= 0.6 is 0 Å². The lowest BCUT2D eigenvalue weighted by Gasteiger charge is -2.23. The zero-order valence-electron chi connectivity index (χ0n) is 19.8.